The summed E-state index contributed by atoms with van der Waals surface area (Å²) in [6, 6.07) is 16.5. The molecule has 0 bridgehead atoms. The third-order valence-corrected chi connectivity index (χ3v) is 4.37. The fourth-order valence-corrected chi connectivity index (χ4v) is 2.93. The molecular formula is C17H19N. The molecule has 2 aromatic carbocycles. The van der Waals surface area contributed by atoms with Crippen molar-refractivity contribution in [3.05, 3.63) is 48.0 Å². The summed E-state index contributed by atoms with van der Waals surface area (Å²) in [6.45, 7) is 1.22. The van der Waals surface area contributed by atoms with E-state index in [1.165, 1.54) is 42.1 Å². The van der Waals surface area contributed by atoms with E-state index in [0.29, 0.717) is 0 Å². The Morgan fingerprint density at radius 3 is 2.67 bits per heavy atom. The van der Waals surface area contributed by atoms with Gasteiger partial charge in [-0.1, -0.05) is 42.5 Å². The first kappa shape index (κ1) is 10.6. The molecule has 2 saturated carbocycles. The van der Waals surface area contributed by atoms with E-state index >= 15 is 0 Å². The summed E-state index contributed by atoms with van der Waals surface area (Å²) in [4.78, 5) is 0. The van der Waals surface area contributed by atoms with Gasteiger partial charge in [0.25, 0.3) is 0 Å². The summed E-state index contributed by atoms with van der Waals surface area (Å²) in [5.74, 6) is 1.69. The van der Waals surface area contributed by atoms with Gasteiger partial charge in [-0.25, -0.2) is 0 Å². The Balaban J connectivity index is 1.49. The highest BCUT2D eigenvalue weighted by atomic mass is 15.0. The molecule has 0 amide bonds. The predicted molar refractivity (Wildman–Crippen MR) is 75.8 cm³/mol. The first-order valence-electron chi connectivity index (χ1n) is 7.12. The maximum absolute atomic E-state index is 3.66. The third-order valence-electron chi connectivity index (χ3n) is 4.37. The highest BCUT2D eigenvalue weighted by Gasteiger charge is 2.38. The molecule has 2 aliphatic carbocycles. The highest BCUT2D eigenvalue weighted by molar-refractivity contribution is 5.83. The Morgan fingerprint density at radius 1 is 1.00 bits per heavy atom. The normalized spacial score (nSPS) is 26.4. The zero-order valence-corrected chi connectivity index (χ0v) is 10.6. The van der Waals surface area contributed by atoms with Gasteiger partial charge in [0.1, 0.15) is 0 Å². The van der Waals surface area contributed by atoms with Crippen molar-refractivity contribution in [2.75, 3.05) is 6.54 Å². The first-order chi connectivity index (χ1) is 8.90. The Hall–Kier alpha value is -1.34. The van der Waals surface area contributed by atoms with Gasteiger partial charge in [0, 0.05) is 6.04 Å². The molecule has 18 heavy (non-hydrogen) atoms. The summed E-state index contributed by atoms with van der Waals surface area (Å²) in [5, 5.41) is 6.40. The second kappa shape index (κ2) is 4.10. The van der Waals surface area contributed by atoms with Gasteiger partial charge in [-0.05, 0) is 54.0 Å². The number of hydrogen-bond donors (Lipinski definition) is 1. The van der Waals surface area contributed by atoms with Crippen molar-refractivity contribution in [1.29, 1.82) is 0 Å². The fourth-order valence-electron chi connectivity index (χ4n) is 2.93. The van der Waals surface area contributed by atoms with Crippen LogP contribution in [0.15, 0.2) is 42.5 Å². The molecule has 1 heteroatoms. The van der Waals surface area contributed by atoms with E-state index in [0.717, 1.165) is 17.9 Å². The Labute approximate surface area is 108 Å². The molecule has 1 N–H and O–H groups in total. The molecule has 2 aromatic rings. The Kier molecular flexibility index (Phi) is 2.41. The predicted octanol–water partition coefficient (Wildman–Crippen LogP) is 3.70. The van der Waals surface area contributed by atoms with Crippen LogP contribution in [-0.4, -0.2) is 12.6 Å². The lowest BCUT2D eigenvalue weighted by atomic mass is 10.0. The molecule has 2 fully saturated rings. The van der Waals surface area contributed by atoms with Gasteiger partial charge in [0.2, 0.25) is 0 Å². The topological polar surface area (TPSA) is 12.0 Å². The minimum absolute atomic E-state index is 0.806. The quantitative estimate of drug-likeness (QED) is 0.855. The molecule has 0 radical (unpaired) electrons. The van der Waals surface area contributed by atoms with Crippen LogP contribution in [-0.2, 0) is 0 Å². The largest absolute Gasteiger partial charge is 0.314 e. The summed E-state index contributed by atoms with van der Waals surface area (Å²) in [5.41, 5.74) is 1.54. The van der Waals surface area contributed by atoms with Crippen molar-refractivity contribution in [1.82, 2.24) is 5.32 Å². The van der Waals surface area contributed by atoms with Crippen molar-refractivity contribution in [3.63, 3.8) is 0 Å². The molecule has 92 valence electrons. The van der Waals surface area contributed by atoms with Crippen LogP contribution >= 0.6 is 0 Å². The van der Waals surface area contributed by atoms with E-state index in [2.05, 4.69) is 47.8 Å². The molecule has 0 aliphatic heterocycles. The monoisotopic (exact) mass is 237 g/mol. The van der Waals surface area contributed by atoms with Gasteiger partial charge in [0.15, 0.2) is 0 Å². The number of rotatable bonds is 4. The third kappa shape index (κ3) is 2.04. The lowest BCUT2D eigenvalue weighted by Gasteiger charge is -2.04. The zero-order valence-electron chi connectivity index (χ0n) is 10.6. The number of fused-ring (bicyclic) bond motifs is 1. The van der Waals surface area contributed by atoms with Crippen LogP contribution in [0.3, 0.4) is 0 Å². The maximum atomic E-state index is 3.66. The van der Waals surface area contributed by atoms with Gasteiger partial charge in [-0.3, -0.25) is 0 Å². The van der Waals surface area contributed by atoms with E-state index in [-0.39, 0.29) is 0 Å². The van der Waals surface area contributed by atoms with Gasteiger partial charge in [0.05, 0.1) is 0 Å². The molecule has 0 spiro atoms. The molecule has 0 heterocycles. The molecule has 4 rings (SSSR count). The number of hydrogen-bond acceptors (Lipinski definition) is 1. The van der Waals surface area contributed by atoms with Crippen LogP contribution in [0.1, 0.15) is 30.7 Å². The minimum atomic E-state index is 0.806. The summed E-state index contributed by atoms with van der Waals surface area (Å²) in [7, 11) is 0. The van der Waals surface area contributed by atoms with E-state index in [4.69, 9.17) is 0 Å². The average molecular weight is 237 g/mol. The van der Waals surface area contributed by atoms with E-state index in [9.17, 15) is 0 Å². The van der Waals surface area contributed by atoms with E-state index in [1.54, 1.807) is 0 Å². The smallest absolute Gasteiger partial charge is 0.00683 e. The molecule has 0 saturated heterocycles. The standard InChI is InChI=1S/C17H19N/c1-2-4-13-9-14(6-5-12(13)3-1)17-10-15(17)11-18-16-7-8-16/h1-6,9,15-18H,7-8,10-11H2. The molecule has 2 unspecified atom stereocenters. The van der Waals surface area contributed by atoms with E-state index < -0.39 is 0 Å². The fraction of sp³-hybridized carbons (Fsp3) is 0.412. The lowest BCUT2D eigenvalue weighted by Crippen LogP contribution is -2.19. The second-order valence-electron chi connectivity index (χ2n) is 5.89. The van der Waals surface area contributed by atoms with Crippen LogP contribution < -0.4 is 5.32 Å². The van der Waals surface area contributed by atoms with Crippen LogP contribution in [0.2, 0.25) is 0 Å². The Morgan fingerprint density at radius 2 is 1.83 bits per heavy atom. The first-order valence-corrected chi connectivity index (χ1v) is 7.12. The molecule has 2 atom stereocenters. The van der Waals surface area contributed by atoms with Crippen molar-refractivity contribution >= 4 is 10.8 Å². The molecule has 0 aromatic heterocycles. The van der Waals surface area contributed by atoms with E-state index in [1.807, 2.05) is 0 Å². The second-order valence-corrected chi connectivity index (χ2v) is 5.89. The highest BCUT2D eigenvalue weighted by Crippen LogP contribution is 2.47. The molecular weight excluding hydrogens is 218 g/mol. The Bertz CT molecular complexity index is 571. The minimum Gasteiger partial charge on any atom is -0.314 e. The summed E-state index contributed by atoms with van der Waals surface area (Å²) < 4.78 is 0. The van der Waals surface area contributed by atoms with Crippen LogP contribution in [0.4, 0.5) is 0 Å². The average Bonchev–Trinajstić information content (AvgIpc) is 3.29. The number of nitrogens with one attached hydrogen (secondary N) is 1. The van der Waals surface area contributed by atoms with Crippen molar-refractivity contribution in [3.8, 4) is 0 Å². The maximum Gasteiger partial charge on any atom is 0.00683 e. The van der Waals surface area contributed by atoms with Crippen molar-refractivity contribution in [2.45, 2.75) is 31.2 Å². The van der Waals surface area contributed by atoms with Gasteiger partial charge < -0.3 is 5.32 Å². The van der Waals surface area contributed by atoms with Gasteiger partial charge in [-0.2, -0.15) is 0 Å². The summed E-state index contributed by atoms with van der Waals surface area (Å²) in [6.07, 6.45) is 4.17. The number of benzene rings is 2. The summed E-state index contributed by atoms with van der Waals surface area (Å²) >= 11 is 0. The van der Waals surface area contributed by atoms with Crippen LogP contribution in [0, 0.1) is 5.92 Å². The van der Waals surface area contributed by atoms with Crippen LogP contribution in [0.25, 0.3) is 10.8 Å². The zero-order chi connectivity index (χ0) is 11.9. The van der Waals surface area contributed by atoms with Crippen LogP contribution in [0.5, 0.6) is 0 Å². The van der Waals surface area contributed by atoms with Crippen molar-refractivity contribution in [2.24, 2.45) is 5.92 Å². The lowest BCUT2D eigenvalue weighted by molar-refractivity contribution is 0.624. The van der Waals surface area contributed by atoms with Gasteiger partial charge >= 0.3 is 0 Å². The van der Waals surface area contributed by atoms with Crippen molar-refractivity contribution < 1.29 is 0 Å². The SMILES string of the molecule is c1ccc2cc(C3CC3CNC3CC3)ccc2c1. The molecule has 2 aliphatic rings. The van der Waals surface area contributed by atoms with Gasteiger partial charge in [-0.15, -0.1) is 0 Å². The molecule has 1 nitrogen and oxygen atoms in total.